The van der Waals surface area contributed by atoms with E-state index in [-0.39, 0.29) is 25.5 Å². The van der Waals surface area contributed by atoms with E-state index in [0.717, 1.165) is 16.1 Å². The summed E-state index contributed by atoms with van der Waals surface area (Å²) in [7, 11) is 0. The second-order valence-corrected chi connectivity index (χ2v) is 7.63. The first-order chi connectivity index (χ1) is 14.0. The van der Waals surface area contributed by atoms with E-state index < -0.39 is 17.7 Å². The monoisotopic (exact) mass is 413 g/mol. The summed E-state index contributed by atoms with van der Waals surface area (Å²) >= 11 is 1.62. The maximum atomic E-state index is 12.3. The Balaban J connectivity index is 1.46. The number of hydrazine groups is 1. The lowest BCUT2D eigenvalue weighted by Gasteiger charge is -2.17. The third-order valence-electron chi connectivity index (χ3n) is 4.56. The van der Waals surface area contributed by atoms with Crippen LogP contribution in [0.5, 0.6) is 5.75 Å². The Labute approximate surface area is 173 Å². The van der Waals surface area contributed by atoms with Crippen molar-refractivity contribution in [2.75, 3.05) is 24.3 Å². The molecule has 0 aliphatic carbocycles. The number of nitrogens with one attached hydrogen (secondary N) is 2. The zero-order valence-corrected chi connectivity index (χ0v) is 17.1. The summed E-state index contributed by atoms with van der Waals surface area (Å²) in [6.07, 6.45) is 2.09. The Morgan fingerprint density at radius 3 is 2.62 bits per heavy atom. The molecular weight excluding hydrogens is 390 g/mol. The van der Waals surface area contributed by atoms with Crippen LogP contribution in [0.3, 0.4) is 0 Å². The molecule has 1 aliphatic heterocycles. The number of carbonyl (C=O) groups is 3. The minimum absolute atomic E-state index is 0.103. The van der Waals surface area contributed by atoms with Gasteiger partial charge in [-0.3, -0.25) is 25.2 Å². The second-order valence-electron chi connectivity index (χ2n) is 6.75. The van der Waals surface area contributed by atoms with Crippen molar-refractivity contribution in [1.82, 2.24) is 10.9 Å². The van der Waals surface area contributed by atoms with Gasteiger partial charge in [0, 0.05) is 23.5 Å². The van der Waals surface area contributed by atoms with Crippen molar-refractivity contribution >= 4 is 35.2 Å². The molecule has 1 atom stereocenters. The molecule has 1 aliphatic rings. The molecule has 8 heteroatoms. The number of thioether (sulfide) groups is 1. The van der Waals surface area contributed by atoms with Crippen molar-refractivity contribution in [3.05, 3.63) is 54.1 Å². The summed E-state index contributed by atoms with van der Waals surface area (Å²) in [6.45, 7) is 1.98. The van der Waals surface area contributed by atoms with Crippen LogP contribution in [0.1, 0.15) is 12.0 Å². The predicted octanol–water partition coefficient (Wildman–Crippen LogP) is 2.30. The summed E-state index contributed by atoms with van der Waals surface area (Å²) < 4.78 is 5.39. The fraction of sp³-hybridized carbons (Fsp3) is 0.286. The Morgan fingerprint density at radius 1 is 1.17 bits per heavy atom. The zero-order chi connectivity index (χ0) is 20.8. The summed E-state index contributed by atoms with van der Waals surface area (Å²) in [5, 5.41) is 0. The van der Waals surface area contributed by atoms with Gasteiger partial charge in [-0.1, -0.05) is 12.1 Å². The molecule has 1 heterocycles. The van der Waals surface area contributed by atoms with Gasteiger partial charge in [0.05, 0.1) is 5.92 Å². The van der Waals surface area contributed by atoms with Crippen LogP contribution < -0.4 is 20.5 Å². The van der Waals surface area contributed by atoms with E-state index in [1.807, 2.05) is 55.6 Å². The summed E-state index contributed by atoms with van der Waals surface area (Å²) in [5.74, 6) is -0.938. The van der Waals surface area contributed by atoms with Crippen LogP contribution in [0.4, 0.5) is 5.69 Å². The quantitative estimate of drug-likeness (QED) is 0.561. The van der Waals surface area contributed by atoms with Crippen molar-refractivity contribution < 1.29 is 19.1 Å². The van der Waals surface area contributed by atoms with Gasteiger partial charge >= 0.3 is 0 Å². The van der Waals surface area contributed by atoms with E-state index >= 15 is 0 Å². The molecule has 0 radical (unpaired) electrons. The summed E-state index contributed by atoms with van der Waals surface area (Å²) in [5.41, 5.74) is 6.50. The van der Waals surface area contributed by atoms with Gasteiger partial charge in [0.2, 0.25) is 11.8 Å². The molecule has 0 spiro atoms. The number of nitrogens with zero attached hydrogens (tertiary/aromatic N) is 1. The molecule has 1 fully saturated rings. The van der Waals surface area contributed by atoms with Crippen molar-refractivity contribution in [2.45, 2.75) is 18.2 Å². The van der Waals surface area contributed by atoms with Gasteiger partial charge in [-0.05, 0) is 55.1 Å². The van der Waals surface area contributed by atoms with E-state index in [1.54, 1.807) is 22.7 Å². The molecule has 0 aromatic heterocycles. The van der Waals surface area contributed by atoms with Crippen LogP contribution >= 0.6 is 11.8 Å². The topological polar surface area (TPSA) is 87.7 Å². The fourth-order valence-corrected chi connectivity index (χ4v) is 3.43. The molecule has 1 saturated heterocycles. The maximum absolute atomic E-state index is 12.3. The lowest BCUT2D eigenvalue weighted by Crippen LogP contribution is -2.46. The highest BCUT2D eigenvalue weighted by molar-refractivity contribution is 7.98. The first-order valence-corrected chi connectivity index (χ1v) is 10.4. The van der Waals surface area contributed by atoms with E-state index in [4.69, 9.17) is 4.74 Å². The van der Waals surface area contributed by atoms with Crippen molar-refractivity contribution in [2.24, 2.45) is 5.92 Å². The predicted molar refractivity (Wildman–Crippen MR) is 112 cm³/mol. The molecular formula is C21H23N3O4S. The fourth-order valence-electron chi connectivity index (χ4n) is 3.02. The highest BCUT2D eigenvalue weighted by Gasteiger charge is 2.35. The van der Waals surface area contributed by atoms with Gasteiger partial charge in [0.25, 0.3) is 5.91 Å². The van der Waals surface area contributed by atoms with E-state index in [0.29, 0.717) is 5.75 Å². The molecule has 2 aromatic carbocycles. The highest BCUT2D eigenvalue weighted by Crippen LogP contribution is 2.27. The Kier molecular flexibility index (Phi) is 6.77. The SMILES string of the molecule is CSc1ccc(N2CC(C(=O)NNC(=O)COc3cccc(C)c3)CC2=O)cc1. The molecule has 0 saturated carbocycles. The number of benzene rings is 2. The van der Waals surface area contributed by atoms with Crippen LogP contribution in [0.15, 0.2) is 53.4 Å². The first kappa shape index (κ1) is 20.7. The zero-order valence-electron chi connectivity index (χ0n) is 16.3. The number of hydrogen-bond donors (Lipinski definition) is 2. The van der Waals surface area contributed by atoms with Crippen LogP contribution in [-0.4, -0.2) is 37.1 Å². The van der Waals surface area contributed by atoms with Crippen molar-refractivity contribution in [1.29, 1.82) is 0 Å². The minimum atomic E-state index is -0.527. The number of amides is 3. The molecule has 1 unspecified atom stereocenters. The number of ether oxygens (including phenoxy) is 1. The maximum Gasteiger partial charge on any atom is 0.276 e. The third kappa shape index (κ3) is 5.51. The minimum Gasteiger partial charge on any atom is -0.484 e. The van der Waals surface area contributed by atoms with E-state index in [1.165, 1.54) is 0 Å². The summed E-state index contributed by atoms with van der Waals surface area (Å²) in [4.78, 5) is 39.2. The largest absolute Gasteiger partial charge is 0.484 e. The standard InChI is InChI=1S/C21H23N3O4S/c1-14-4-3-5-17(10-14)28-13-19(25)22-23-21(27)15-11-20(26)24(12-15)16-6-8-18(29-2)9-7-16/h3-10,15H,11-13H2,1-2H3,(H,22,25)(H,23,27). The Hall–Kier alpha value is -3.00. The summed E-state index contributed by atoms with van der Waals surface area (Å²) in [6, 6.07) is 14.9. The molecule has 152 valence electrons. The lowest BCUT2D eigenvalue weighted by molar-refractivity contribution is -0.132. The number of hydrogen-bond acceptors (Lipinski definition) is 5. The lowest BCUT2D eigenvalue weighted by atomic mass is 10.1. The molecule has 3 amide bonds. The van der Waals surface area contributed by atoms with Gasteiger partial charge in [0.15, 0.2) is 6.61 Å². The number of carbonyl (C=O) groups excluding carboxylic acids is 3. The molecule has 7 nitrogen and oxygen atoms in total. The number of aryl methyl sites for hydroxylation is 1. The second kappa shape index (κ2) is 9.47. The average Bonchev–Trinajstić information content (AvgIpc) is 3.12. The van der Waals surface area contributed by atoms with Crippen molar-refractivity contribution in [3.63, 3.8) is 0 Å². The van der Waals surface area contributed by atoms with Crippen LogP contribution in [0, 0.1) is 12.8 Å². The van der Waals surface area contributed by atoms with Gasteiger partial charge < -0.3 is 9.64 Å². The molecule has 29 heavy (non-hydrogen) atoms. The Morgan fingerprint density at radius 2 is 1.93 bits per heavy atom. The highest BCUT2D eigenvalue weighted by atomic mass is 32.2. The molecule has 2 N–H and O–H groups in total. The van der Waals surface area contributed by atoms with E-state index in [9.17, 15) is 14.4 Å². The van der Waals surface area contributed by atoms with Crippen LogP contribution in [0.2, 0.25) is 0 Å². The molecule has 3 rings (SSSR count). The van der Waals surface area contributed by atoms with Gasteiger partial charge in [-0.15, -0.1) is 11.8 Å². The average molecular weight is 413 g/mol. The third-order valence-corrected chi connectivity index (χ3v) is 5.31. The van der Waals surface area contributed by atoms with E-state index in [2.05, 4.69) is 10.9 Å². The van der Waals surface area contributed by atoms with Crippen molar-refractivity contribution in [3.8, 4) is 5.75 Å². The van der Waals surface area contributed by atoms with Gasteiger partial charge in [-0.2, -0.15) is 0 Å². The van der Waals surface area contributed by atoms with Gasteiger partial charge in [-0.25, -0.2) is 0 Å². The first-order valence-electron chi connectivity index (χ1n) is 9.19. The van der Waals surface area contributed by atoms with Crippen LogP contribution in [0.25, 0.3) is 0 Å². The number of anilines is 1. The molecule has 2 aromatic rings. The molecule has 0 bridgehead atoms. The normalized spacial score (nSPS) is 15.9. The smallest absolute Gasteiger partial charge is 0.276 e. The number of rotatable bonds is 6. The van der Waals surface area contributed by atoms with Crippen LogP contribution in [-0.2, 0) is 14.4 Å². The Bertz CT molecular complexity index is 901. The van der Waals surface area contributed by atoms with Gasteiger partial charge in [0.1, 0.15) is 5.75 Å².